The number of rotatable bonds is 10. The van der Waals surface area contributed by atoms with Gasteiger partial charge in [0.2, 0.25) is 0 Å². The van der Waals surface area contributed by atoms with Gasteiger partial charge in [-0.1, -0.05) is 51.8 Å². The van der Waals surface area contributed by atoms with Gasteiger partial charge >= 0.3 is 0 Å². The summed E-state index contributed by atoms with van der Waals surface area (Å²) in [6, 6.07) is 29.3. The Morgan fingerprint density at radius 3 is 2.33 bits per heavy atom. The number of anilines is 1. The highest BCUT2D eigenvalue weighted by Crippen LogP contribution is 2.28. The molecule has 0 aliphatic carbocycles. The zero-order valence-corrected chi connectivity index (χ0v) is 23.3. The Balaban J connectivity index is 1.44. The summed E-state index contributed by atoms with van der Waals surface area (Å²) in [5.74, 6) is 1.16. The molecule has 0 fully saturated rings. The number of nitrogens with zero attached hydrogens (tertiary/aromatic N) is 1. The van der Waals surface area contributed by atoms with Crippen LogP contribution in [-0.2, 0) is 18.0 Å². The molecule has 6 nitrogen and oxygen atoms in total. The summed E-state index contributed by atoms with van der Waals surface area (Å²) >= 11 is 9.49. The van der Waals surface area contributed by atoms with E-state index >= 15 is 0 Å². The van der Waals surface area contributed by atoms with Crippen molar-refractivity contribution in [1.29, 1.82) is 5.26 Å². The lowest BCUT2D eigenvalue weighted by Gasteiger charge is -2.12. The third kappa shape index (κ3) is 8.11. The molecule has 4 aromatic rings. The van der Waals surface area contributed by atoms with Crippen LogP contribution in [0.5, 0.6) is 17.2 Å². The molecule has 8 heteroatoms. The third-order valence-corrected chi connectivity index (χ3v) is 6.36. The van der Waals surface area contributed by atoms with Crippen LogP contribution in [0.4, 0.5) is 5.69 Å². The normalized spacial score (nSPS) is 10.9. The molecule has 0 saturated heterocycles. The molecular weight excluding hydrogens is 580 g/mol. The smallest absolute Gasteiger partial charge is 0.266 e. The molecule has 0 aliphatic rings. The average Bonchev–Trinajstić information content (AvgIpc) is 2.95. The van der Waals surface area contributed by atoms with Crippen molar-refractivity contribution in [3.63, 3.8) is 0 Å². The van der Waals surface area contributed by atoms with Gasteiger partial charge in [-0.25, -0.2) is 0 Å². The number of nitrogens with one attached hydrogen (secondary N) is 1. The van der Waals surface area contributed by atoms with E-state index in [0.717, 1.165) is 15.6 Å². The fourth-order valence-corrected chi connectivity index (χ4v) is 4.04. The Kier molecular flexibility index (Phi) is 9.63. The Morgan fingerprint density at radius 2 is 1.64 bits per heavy atom. The maximum Gasteiger partial charge on any atom is 0.266 e. The molecule has 0 spiro atoms. The summed E-state index contributed by atoms with van der Waals surface area (Å²) in [6.45, 7) is 0.669. The SMILES string of the molecule is COc1ccc(/C=C(\C#N)C(=O)Nc2ccc(OCc3ccc(Br)cc3)cc2)c(OCc2cccc(Cl)c2)c1. The van der Waals surface area contributed by atoms with E-state index in [1.165, 1.54) is 6.08 Å². The van der Waals surface area contributed by atoms with Crippen LogP contribution in [0.15, 0.2) is 101 Å². The number of hydrogen-bond donors (Lipinski definition) is 1. The Morgan fingerprint density at radius 1 is 0.923 bits per heavy atom. The maximum atomic E-state index is 12.9. The maximum absolute atomic E-state index is 12.9. The van der Waals surface area contributed by atoms with E-state index in [0.29, 0.717) is 40.1 Å². The molecule has 0 bridgehead atoms. The minimum Gasteiger partial charge on any atom is -0.497 e. The summed E-state index contributed by atoms with van der Waals surface area (Å²) in [4.78, 5) is 12.9. The van der Waals surface area contributed by atoms with Gasteiger partial charge in [0.05, 0.1) is 7.11 Å². The minimum absolute atomic E-state index is 0.0802. The van der Waals surface area contributed by atoms with E-state index in [9.17, 15) is 10.1 Å². The van der Waals surface area contributed by atoms with Crippen molar-refractivity contribution in [2.45, 2.75) is 13.2 Å². The molecule has 0 radical (unpaired) electrons. The van der Waals surface area contributed by atoms with Gasteiger partial charge in [-0.2, -0.15) is 5.26 Å². The van der Waals surface area contributed by atoms with Crippen molar-refractivity contribution >= 4 is 45.2 Å². The van der Waals surface area contributed by atoms with E-state index < -0.39 is 5.91 Å². The summed E-state index contributed by atoms with van der Waals surface area (Å²) < 4.78 is 18.1. The van der Waals surface area contributed by atoms with Gasteiger partial charge in [-0.15, -0.1) is 0 Å². The predicted molar refractivity (Wildman–Crippen MR) is 156 cm³/mol. The standard InChI is InChI=1S/C31H24BrClN2O4/c1-37-29-12-7-23(30(17-29)39-20-22-3-2-4-26(33)15-22)16-24(18-34)31(36)35-27-10-13-28(14-11-27)38-19-21-5-8-25(32)9-6-21/h2-17H,19-20H2,1H3,(H,35,36)/b24-16+. The number of carbonyl (C=O) groups is 1. The molecule has 0 atom stereocenters. The molecule has 4 rings (SSSR count). The summed E-state index contributed by atoms with van der Waals surface area (Å²) in [7, 11) is 1.55. The first-order valence-corrected chi connectivity index (χ1v) is 13.1. The lowest BCUT2D eigenvalue weighted by Crippen LogP contribution is -2.13. The minimum atomic E-state index is -0.544. The highest BCUT2D eigenvalue weighted by Gasteiger charge is 2.13. The second-order valence-corrected chi connectivity index (χ2v) is 9.74. The van der Waals surface area contributed by atoms with E-state index in [1.54, 1.807) is 55.6 Å². The van der Waals surface area contributed by atoms with Gasteiger partial charge in [-0.3, -0.25) is 4.79 Å². The van der Waals surface area contributed by atoms with Crippen LogP contribution in [0.25, 0.3) is 6.08 Å². The predicted octanol–water partition coefficient (Wildman–Crippen LogP) is 7.81. The van der Waals surface area contributed by atoms with Gasteiger partial charge < -0.3 is 19.5 Å². The second-order valence-electron chi connectivity index (χ2n) is 8.39. The number of nitriles is 1. The van der Waals surface area contributed by atoms with Crippen LogP contribution in [0.3, 0.4) is 0 Å². The molecule has 39 heavy (non-hydrogen) atoms. The molecule has 1 amide bonds. The zero-order chi connectivity index (χ0) is 27.6. The molecule has 0 heterocycles. The lowest BCUT2D eigenvalue weighted by molar-refractivity contribution is -0.112. The fourth-order valence-electron chi connectivity index (χ4n) is 3.56. The van der Waals surface area contributed by atoms with Crippen molar-refractivity contribution in [2.75, 3.05) is 12.4 Å². The summed E-state index contributed by atoms with van der Waals surface area (Å²) in [6.07, 6.45) is 1.48. The van der Waals surface area contributed by atoms with Crippen LogP contribution >= 0.6 is 27.5 Å². The van der Waals surface area contributed by atoms with E-state index in [-0.39, 0.29) is 12.2 Å². The number of halogens is 2. The van der Waals surface area contributed by atoms with Crippen LogP contribution < -0.4 is 19.5 Å². The number of benzene rings is 4. The van der Waals surface area contributed by atoms with Crippen molar-refractivity contribution in [3.05, 3.63) is 123 Å². The summed E-state index contributed by atoms with van der Waals surface area (Å²) in [5, 5.41) is 13.1. The van der Waals surface area contributed by atoms with Crippen LogP contribution in [0.2, 0.25) is 5.02 Å². The van der Waals surface area contributed by atoms with E-state index in [1.807, 2.05) is 48.5 Å². The number of ether oxygens (including phenoxy) is 3. The van der Waals surface area contributed by atoms with Crippen LogP contribution in [0.1, 0.15) is 16.7 Å². The number of methoxy groups -OCH3 is 1. The molecular formula is C31H24BrClN2O4. The van der Waals surface area contributed by atoms with E-state index in [2.05, 4.69) is 21.2 Å². The van der Waals surface area contributed by atoms with Crippen molar-refractivity contribution < 1.29 is 19.0 Å². The average molecular weight is 604 g/mol. The van der Waals surface area contributed by atoms with Crippen molar-refractivity contribution in [2.24, 2.45) is 0 Å². The number of carbonyl (C=O) groups excluding carboxylic acids is 1. The third-order valence-electron chi connectivity index (χ3n) is 5.60. The molecule has 196 valence electrons. The lowest BCUT2D eigenvalue weighted by atomic mass is 10.1. The van der Waals surface area contributed by atoms with Gasteiger partial charge in [-0.05, 0) is 77.9 Å². The molecule has 1 N–H and O–H groups in total. The van der Waals surface area contributed by atoms with Gasteiger partial charge in [0.25, 0.3) is 5.91 Å². The largest absolute Gasteiger partial charge is 0.497 e. The Hall–Kier alpha value is -4.25. The van der Waals surface area contributed by atoms with E-state index in [4.69, 9.17) is 25.8 Å². The number of hydrogen-bond acceptors (Lipinski definition) is 5. The van der Waals surface area contributed by atoms with Crippen LogP contribution in [-0.4, -0.2) is 13.0 Å². The van der Waals surface area contributed by atoms with Gasteiger partial charge in [0.15, 0.2) is 0 Å². The van der Waals surface area contributed by atoms with Gasteiger partial charge in [0, 0.05) is 26.8 Å². The topological polar surface area (TPSA) is 80.6 Å². The molecule has 0 aliphatic heterocycles. The van der Waals surface area contributed by atoms with Crippen LogP contribution in [0, 0.1) is 11.3 Å². The molecule has 4 aromatic carbocycles. The van der Waals surface area contributed by atoms with Crippen molar-refractivity contribution in [1.82, 2.24) is 0 Å². The van der Waals surface area contributed by atoms with Gasteiger partial charge in [0.1, 0.15) is 42.1 Å². The zero-order valence-electron chi connectivity index (χ0n) is 21.0. The van der Waals surface area contributed by atoms with Crippen molar-refractivity contribution in [3.8, 4) is 23.3 Å². The monoisotopic (exact) mass is 602 g/mol. The quantitative estimate of drug-likeness (QED) is 0.148. The Bertz CT molecular complexity index is 1510. The first-order chi connectivity index (χ1) is 18.9. The molecule has 0 unspecified atom stereocenters. The molecule has 0 aromatic heterocycles. The first kappa shape index (κ1) is 27.8. The number of amides is 1. The fraction of sp³-hybridized carbons (Fsp3) is 0.0968. The Labute approximate surface area is 240 Å². The first-order valence-electron chi connectivity index (χ1n) is 11.9. The summed E-state index contributed by atoms with van der Waals surface area (Å²) in [5.41, 5.74) is 2.92. The molecule has 0 saturated carbocycles. The highest BCUT2D eigenvalue weighted by atomic mass is 79.9. The highest BCUT2D eigenvalue weighted by molar-refractivity contribution is 9.10. The second kappa shape index (κ2) is 13.5.